The number of likely N-dealkylation sites (tertiary alicyclic amines) is 1. The number of nitrogens with one attached hydrogen (secondary N) is 1. The molecule has 1 amide bonds. The lowest BCUT2D eigenvalue weighted by Gasteiger charge is -2.32. The SMILES string of the molecule is COC(=O)c1ccc(C(=O)NC2CCN(CCCO)CC2)cc1. The first kappa shape index (κ1) is 17.4. The highest BCUT2D eigenvalue weighted by Gasteiger charge is 2.20. The second-order valence-corrected chi connectivity index (χ2v) is 5.74. The predicted molar refractivity (Wildman–Crippen MR) is 86.4 cm³/mol. The molecular weight excluding hydrogens is 296 g/mol. The standard InChI is InChI=1S/C17H24N2O4/c1-23-17(22)14-5-3-13(4-6-14)16(21)18-15-7-10-19(11-8-15)9-2-12-20/h3-6,15,20H,2,7-12H2,1H3,(H,18,21). The molecule has 0 radical (unpaired) electrons. The number of carbonyl (C=O) groups excluding carboxylic acids is 2. The second-order valence-electron chi connectivity index (χ2n) is 5.74. The van der Waals surface area contributed by atoms with E-state index in [0.717, 1.165) is 38.9 Å². The molecule has 0 unspecified atom stereocenters. The second kappa shape index (κ2) is 8.64. The van der Waals surface area contributed by atoms with Gasteiger partial charge in [-0.3, -0.25) is 4.79 Å². The van der Waals surface area contributed by atoms with Gasteiger partial charge >= 0.3 is 5.97 Å². The van der Waals surface area contributed by atoms with Gasteiger partial charge in [-0.2, -0.15) is 0 Å². The lowest BCUT2D eigenvalue weighted by Crippen LogP contribution is -2.44. The van der Waals surface area contributed by atoms with Gasteiger partial charge in [-0.25, -0.2) is 4.79 Å². The molecule has 1 aliphatic heterocycles. The van der Waals surface area contributed by atoms with Crippen molar-refractivity contribution in [3.63, 3.8) is 0 Å². The molecule has 0 bridgehead atoms. The van der Waals surface area contributed by atoms with E-state index < -0.39 is 5.97 Å². The minimum Gasteiger partial charge on any atom is -0.465 e. The summed E-state index contributed by atoms with van der Waals surface area (Å²) in [5, 5.41) is 11.9. The quantitative estimate of drug-likeness (QED) is 0.766. The molecular formula is C17H24N2O4. The van der Waals surface area contributed by atoms with Crippen LogP contribution in [0.5, 0.6) is 0 Å². The molecule has 1 saturated heterocycles. The number of methoxy groups -OCH3 is 1. The minimum absolute atomic E-state index is 0.116. The normalized spacial score (nSPS) is 16.1. The number of benzene rings is 1. The number of esters is 1. The van der Waals surface area contributed by atoms with Gasteiger partial charge in [-0.15, -0.1) is 0 Å². The van der Waals surface area contributed by atoms with Crippen molar-refractivity contribution in [2.75, 3.05) is 33.4 Å². The summed E-state index contributed by atoms with van der Waals surface area (Å²) in [5.41, 5.74) is 0.974. The molecule has 23 heavy (non-hydrogen) atoms. The number of rotatable bonds is 6. The third kappa shape index (κ3) is 5.04. The minimum atomic E-state index is -0.410. The van der Waals surface area contributed by atoms with Crippen LogP contribution in [-0.2, 0) is 4.74 Å². The molecule has 0 saturated carbocycles. The number of amides is 1. The van der Waals surface area contributed by atoms with Gasteiger partial charge in [0.05, 0.1) is 12.7 Å². The van der Waals surface area contributed by atoms with E-state index in [4.69, 9.17) is 5.11 Å². The van der Waals surface area contributed by atoms with Gasteiger partial charge in [0, 0.05) is 37.8 Å². The average Bonchev–Trinajstić information content (AvgIpc) is 2.60. The molecule has 2 N–H and O–H groups in total. The summed E-state index contributed by atoms with van der Waals surface area (Å²) in [6.45, 7) is 3.00. The molecule has 0 atom stereocenters. The van der Waals surface area contributed by atoms with E-state index in [1.54, 1.807) is 24.3 Å². The lowest BCUT2D eigenvalue weighted by molar-refractivity contribution is 0.0600. The number of hydrogen-bond acceptors (Lipinski definition) is 5. The van der Waals surface area contributed by atoms with E-state index in [1.807, 2.05) is 0 Å². The maximum absolute atomic E-state index is 12.2. The van der Waals surface area contributed by atoms with Crippen LogP contribution in [0.1, 0.15) is 40.0 Å². The number of aliphatic hydroxyl groups excluding tert-OH is 1. The van der Waals surface area contributed by atoms with Crippen LogP contribution in [0.25, 0.3) is 0 Å². The highest BCUT2D eigenvalue weighted by Crippen LogP contribution is 2.12. The van der Waals surface area contributed by atoms with Crippen molar-refractivity contribution in [3.05, 3.63) is 35.4 Å². The van der Waals surface area contributed by atoms with Gasteiger partial charge < -0.3 is 20.1 Å². The van der Waals surface area contributed by atoms with Crippen LogP contribution in [0.4, 0.5) is 0 Å². The zero-order valence-electron chi connectivity index (χ0n) is 13.5. The van der Waals surface area contributed by atoms with E-state index in [1.165, 1.54) is 7.11 Å². The number of ether oxygens (including phenoxy) is 1. The fourth-order valence-electron chi connectivity index (χ4n) is 2.74. The molecule has 1 aromatic carbocycles. The van der Waals surface area contributed by atoms with Crippen molar-refractivity contribution in [1.82, 2.24) is 10.2 Å². The van der Waals surface area contributed by atoms with E-state index in [9.17, 15) is 9.59 Å². The van der Waals surface area contributed by atoms with Crippen molar-refractivity contribution < 1.29 is 19.4 Å². The summed E-state index contributed by atoms with van der Waals surface area (Å²) in [6, 6.07) is 6.64. The summed E-state index contributed by atoms with van der Waals surface area (Å²) in [7, 11) is 1.33. The van der Waals surface area contributed by atoms with Gasteiger partial charge in [-0.05, 0) is 43.5 Å². The maximum atomic E-state index is 12.2. The van der Waals surface area contributed by atoms with Crippen molar-refractivity contribution in [3.8, 4) is 0 Å². The van der Waals surface area contributed by atoms with E-state index in [-0.39, 0.29) is 18.6 Å². The highest BCUT2D eigenvalue weighted by atomic mass is 16.5. The van der Waals surface area contributed by atoms with Crippen LogP contribution in [0, 0.1) is 0 Å². The van der Waals surface area contributed by atoms with Gasteiger partial charge in [0.1, 0.15) is 0 Å². The first-order valence-electron chi connectivity index (χ1n) is 7.96. The van der Waals surface area contributed by atoms with Gasteiger partial charge in [0.15, 0.2) is 0 Å². The zero-order chi connectivity index (χ0) is 16.7. The first-order chi connectivity index (χ1) is 11.1. The summed E-state index contributed by atoms with van der Waals surface area (Å²) in [4.78, 5) is 25.9. The van der Waals surface area contributed by atoms with Crippen LogP contribution >= 0.6 is 0 Å². The largest absolute Gasteiger partial charge is 0.465 e. The number of carbonyl (C=O) groups is 2. The summed E-state index contributed by atoms with van der Waals surface area (Å²) < 4.78 is 4.64. The topological polar surface area (TPSA) is 78.9 Å². The Bertz CT molecular complexity index is 522. The van der Waals surface area contributed by atoms with Crippen molar-refractivity contribution in [2.45, 2.75) is 25.3 Å². The first-order valence-corrected chi connectivity index (χ1v) is 7.96. The van der Waals surface area contributed by atoms with Gasteiger partial charge in [0.2, 0.25) is 0 Å². The molecule has 1 aliphatic rings. The smallest absolute Gasteiger partial charge is 0.337 e. The Hall–Kier alpha value is -1.92. The summed E-state index contributed by atoms with van der Waals surface area (Å²) in [5.74, 6) is -0.526. The van der Waals surface area contributed by atoms with Crippen molar-refractivity contribution in [1.29, 1.82) is 0 Å². The van der Waals surface area contributed by atoms with Crippen LogP contribution in [-0.4, -0.2) is 61.3 Å². The maximum Gasteiger partial charge on any atom is 0.337 e. The summed E-state index contributed by atoms with van der Waals surface area (Å²) >= 11 is 0. The molecule has 0 aliphatic carbocycles. The third-order valence-corrected chi connectivity index (χ3v) is 4.12. The van der Waals surface area contributed by atoms with Crippen LogP contribution in [0.3, 0.4) is 0 Å². The molecule has 1 aromatic rings. The molecule has 1 fully saturated rings. The van der Waals surface area contributed by atoms with E-state index >= 15 is 0 Å². The van der Waals surface area contributed by atoms with Crippen LogP contribution in [0.15, 0.2) is 24.3 Å². The number of aliphatic hydroxyl groups is 1. The number of nitrogens with zero attached hydrogens (tertiary/aromatic N) is 1. The van der Waals surface area contributed by atoms with Crippen LogP contribution in [0.2, 0.25) is 0 Å². The molecule has 0 aromatic heterocycles. The Morgan fingerprint density at radius 3 is 2.39 bits per heavy atom. The Kier molecular flexibility index (Phi) is 6.55. The summed E-state index contributed by atoms with van der Waals surface area (Å²) in [6.07, 6.45) is 2.62. The highest BCUT2D eigenvalue weighted by molar-refractivity contribution is 5.96. The molecule has 6 heteroatoms. The molecule has 2 rings (SSSR count). The zero-order valence-corrected chi connectivity index (χ0v) is 13.5. The Labute approximate surface area is 136 Å². The fraction of sp³-hybridized carbons (Fsp3) is 0.529. The lowest BCUT2D eigenvalue weighted by atomic mass is 10.0. The Morgan fingerprint density at radius 2 is 1.83 bits per heavy atom. The number of hydrogen-bond donors (Lipinski definition) is 2. The monoisotopic (exact) mass is 320 g/mol. The van der Waals surface area contributed by atoms with Gasteiger partial charge in [0.25, 0.3) is 5.91 Å². The van der Waals surface area contributed by atoms with E-state index in [0.29, 0.717) is 11.1 Å². The molecule has 6 nitrogen and oxygen atoms in total. The van der Waals surface area contributed by atoms with Gasteiger partial charge in [-0.1, -0.05) is 0 Å². The fourth-order valence-corrected chi connectivity index (χ4v) is 2.74. The number of piperidine rings is 1. The van der Waals surface area contributed by atoms with Crippen molar-refractivity contribution in [2.24, 2.45) is 0 Å². The Morgan fingerprint density at radius 1 is 1.22 bits per heavy atom. The molecule has 126 valence electrons. The van der Waals surface area contributed by atoms with Crippen LogP contribution < -0.4 is 5.32 Å². The molecule has 1 heterocycles. The molecule has 0 spiro atoms. The third-order valence-electron chi connectivity index (χ3n) is 4.12. The van der Waals surface area contributed by atoms with E-state index in [2.05, 4.69) is 15.0 Å². The average molecular weight is 320 g/mol. The predicted octanol–water partition coefficient (Wildman–Crippen LogP) is 1.05. The Balaban J connectivity index is 1.82. The van der Waals surface area contributed by atoms with Crippen molar-refractivity contribution >= 4 is 11.9 Å².